The first-order valence-electron chi connectivity index (χ1n) is 6.22. The minimum atomic E-state index is -0.371. The molecule has 1 amide bonds. The zero-order chi connectivity index (χ0) is 14.3. The third kappa shape index (κ3) is 4.70. The lowest BCUT2D eigenvalue weighted by Crippen LogP contribution is -2.35. The molecule has 0 radical (unpaired) electrons. The van der Waals surface area contributed by atoms with Crippen LogP contribution in [0.3, 0.4) is 0 Å². The Balaban J connectivity index is 2.84. The van der Waals surface area contributed by atoms with Gasteiger partial charge in [0.05, 0.1) is 0 Å². The number of likely N-dealkylation sites (N-methyl/N-ethyl adjacent to an activating group) is 1. The van der Waals surface area contributed by atoms with Gasteiger partial charge in [-0.3, -0.25) is 4.79 Å². The standard InChI is InChI=1S/C12H21N5O2/c1-5-19-7-11-16-9(13-3)6-10(17-11)15-8(2)12(18)14-4/h6,8H,5,7H2,1-4H3,(H,14,18)(H2,13,15,16,17). The van der Waals surface area contributed by atoms with E-state index in [1.165, 1.54) is 0 Å². The molecule has 106 valence electrons. The SMILES string of the molecule is CCOCc1nc(NC)cc(NC(C)C(=O)NC)n1. The molecule has 0 aliphatic rings. The lowest BCUT2D eigenvalue weighted by atomic mass is 10.3. The zero-order valence-electron chi connectivity index (χ0n) is 11.8. The molecule has 1 unspecified atom stereocenters. The third-order valence-corrected chi connectivity index (χ3v) is 2.47. The van der Waals surface area contributed by atoms with Crippen LogP contribution in [0, 0.1) is 0 Å². The van der Waals surface area contributed by atoms with E-state index >= 15 is 0 Å². The predicted octanol–water partition coefficient (Wildman–Crippen LogP) is 0.601. The van der Waals surface area contributed by atoms with Gasteiger partial charge in [0.15, 0.2) is 5.82 Å². The van der Waals surface area contributed by atoms with E-state index in [2.05, 4.69) is 25.9 Å². The molecule has 1 heterocycles. The Kier molecular flexibility index (Phi) is 6.01. The highest BCUT2D eigenvalue weighted by Crippen LogP contribution is 2.12. The van der Waals surface area contributed by atoms with Crippen molar-refractivity contribution < 1.29 is 9.53 Å². The van der Waals surface area contributed by atoms with E-state index in [4.69, 9.17) is 4.74 Å². The number of aromatic nitrogens is 2. The van der Waals surface area contributed by atoms with Gasteiger partial charge in [-0.05, 0) is 13.8 Å². The molecule has 0 saturated carbocycles. The van der Waals surface area contributed by atoms with Gasteiger partial charge in [-0.2, -0.15) is 0 Å². The topological polar surface area (TPSA) is 88.2 Å². The van der Waals surface area contributed by atoms with Gasteiger partial charge in [0, 0.05) is 26.8 Å². The largest absolute Gasteiger partial charge is 0.374 e. The van der Waals surface area contributed by atoms with Crippen LogP contribution in [0.1, 0.15) is 19.7 Å². The van der Waals surface area contributed by atoms with Crippen LogP contribution < -0.4 is 16.0 Å². The monoisotopic (exact) mass is 267 g/mol. The zero-order valence-corrected chi connectivity index (χ0v) is 11.8. The Labute approximate surface area is 113 Å². The van der Waals surface area contributed by atoms with Crippen molar-refractivity contribution in [1.82, 2.24) is 15.3 Å². The molecule has 1 aromatic rings. The lowest BCUT2D eigenvalue weighted by molar-refractivity contribution is -0.121. The van der Waals surface area contributed by atoms with Gasteiger partial charge in [0.2, 0.25) is 5.91 Å². The molecular weight excluding hydrogens is 246 g/mol. The summed E-state index contributed by atoms with van der Waals surface area (Å²) in [5.74, 6) is 1.73. The summed E-state index contributed by atoms with van der Waals surface area (Å²) in [6.07, 6.45) is 0. The number of hydrogen-bond donors (Lipinski definition) is 3. The van der Waals surface area contributed by atoms with E-state index in [1.807, 2.05) is 6.92 Å². The van der Waals surface area contributed by atoms with Gasteiger partial charge >= 0.3 is 0 Å². The van der Waals surface area contributed by atoms with Crippen molar-refractivity contribution in [3.05, 3.63) is 11.9 Å². The fraction of sp³-hybridized carbons (Fsp3) is 0.583. The lowest BCUT2D eigenvalue weighted by Gasteiger charge is -2.14. The maximum absolute atomic E-state index is 11.5. The number of anilines is 2. The average molecular weight is 267 g/mol. The Morgan fingerprint density at radius 1 is 1.37 bits per heavy atom. The Hall–Kier alpha value is -1.89. The van der Waals surface area contributed by atoms with Crippen molar-refractivity contribution in [2.24, 2.45) is 0 Å². The van der Waals surface area contributed by atoms with Crippen LogP contribution >= 0.6 is 0 Å². The molecule has 3 N–H and O–H groups in total. The second kappa shape index (κ2) is 7.52. The van der Waals surface area contributed by atoms with Gasteiger partial charge in [0.25, 0.3) is 0 Å². The Morgan fingerprint density at radius 2 is 2.05 bits per heavy atom. The van der Waals surface area contributed by atoms with Gasteiger partial charge in [-0.15, -0.1) is 0 Å². The van der Waals surface area contributed by atoms with E-state index in [9.17, 15) is 4.79 Å². The first-order chi connectivity index (χ1) is 9.10. The summed E-state index contributed by atoms with van der Waals surface area (Å²) in [6, 6.07) is 1.37. The molecular formula is C12H21N5O2. The number of nitrogens with zero attached hydrogens (tertiary/aromatic N) is 2. The molecule has 19 heavy (non-hydrogen) atoms. The number of hydrogen-bond acceptors (Lipinski definition) is 6. The van der Waals surface area contributed by atoms with Crippen LogP contribution in [-0.4, -0.2) is 42.6 Å². The van der Waals surface area contributed by atoms with Crippen LogP contribution in [-0.2, 0) is 16.1 Å². The first kappa shape index (κ1) is 15.2. The van der Waals surface area contributed by atoms with Gasteiger partial charge in [-0.25, -0.2) is 9.97 Å². The van der Waals surface area contributed by atoms with Crippen molar-refractivity contribution >= 4 is 17.5 Å². The van der Waals surface area contributed by atoms with Crippen LogP contribution in [0.4, 0.5) is 11.6 Å². The molecule has 0 spiro atoms. The molecule has 0 aromatic carbocycles. The maximum Gasteiger partial charge on any atom is 0.241 e. The van der Waals surface area contributed by atoms with Gasteiger partial charge in [-0.1, -0.05) is 0 Å². The van der Waals surface area contributed by atoms with Crippen molar-refractivity contribution in [3.63, 3.8) is 0 Å². The van der Waals surface area contributed by atoms with Crippen molar-refractivity contribution in [1.29, 1.82) is 0 Å². The van der Waals surface area contributed by atoms with Crippen LogP contribution in [0.25, 0.3) is 0 Å². The second-order valence-corrected chi connectivity index (χ2v) is 3.92. The van der Waals surface area contributed by atoms with Crippen LogP contribution in [0.5, 0.6) is 0 Å². The van der Waals surface area contributed by atoms with Gasteiger partial charge in [0.1, 0.15) is 24.3 Å². The third-order valence-electron chi connectivity index (χ3n) is 2.47. The summed E-state index contributed by atoms with van der Waals surface area (Å²) in [6.45, 7) is 4.62. The molecule has 0 aliphatic heterocycles. The van der Waals surface area contributed by atoms with Crippen LogP contribution in [0.2, 0.25) is 0 Å². The molecule has 1 atom stereocenters. The maximum atomic E-state index is 11.5. The number of rotatable bonds is 7. The molecule has 0 bridgehead atoms. The number of carbonyl (C=O) groups excluding carboxylic acids is 1. The van der Waals surface area contributed by atoms with Gasteiger partial charge < -0.3 is 20.7 Å². The summed E-state index contributed by atoms with van der Waals surface area (Å²) >= 11 is 0. The van der Waals surface area contributed by atoms with E-state index in [1.54, 1.807) is 27.1 Å². The quantitative estimate of drug-likeness (QED) is 0.670. The highest BCUT2D eigenvalue weighted by Gasteiger charge is 2.12. The van der Waals surface area contributed by atoms with Crippen molar-refractivity contribution in [2.75, 3.05) is 31.3 Å². The van der Waals surface area contributed by atoms with Crippen LogP contribution in [0.15, 0.2) is 6.07 Å². The van der Waals surface area contributed by atoms with E-state index < -0.39 is 0 Å². The van der Waals surface area contributed by atoms with E-state index in [0.29, 0.717) is 30.7 Å². The van der Waals surface area contributed by atoms with E-state index in [-0.39, 0.29) is 11.9 Å². The molecule has 1 rings (SSSR count). The summed E-state index contributed by atoms with van der Waals surface area (Å²) in [4.78, 5) is 20.1. The highest BCUT2D eigenvalue weighted by molar-refractivity contribution is 5.83. The normalized spacial score (nSPS) is 11.8. The smallest absolute Gasteiger partial charge is 0.241 e. The first-order valence-corrected chi connectivity index (χ1v) is 6.22. The van der Waals surface area contributed by atoms with Crippen molar-refractivity contribution in [3.8, 4) is 0 Å². The molecule has 0 saturated heterocycles. The Morgan fingerprint density at radius 3 is 2.63 bits per heavy atom. The highest BCUT2D eigenvalue weighted by atomic mass is 16.5. The average Bonchev–Trinajstić information content (AvgIpc) is 2.43. The number of amides is 1. The molecule has 0 aliphatic carbocycles. The summed E-state index contributed by atoms with van der Waals surface area (Å²) in [5, 5.41) is 8.56. The Bertz CT molecular complexity index is 425. The summed E-state index contributed by atoms with van der Waals surface area (Å²) in [7, 11) is 3.37. The van der Waals surface area contributed by atoms with E-state index in [0.717, 1.165) is 0 Å². The summed E-state index contributed by atoms with van der Waals surface area (Å²) < 4.78 is 5.29. The molecule has 0 fully saturated rings. The summed E-state index contributed by atoms with van der Waals surface area (Å²) in [5.41, 5.74) is 0. The number of ether oxygens (including phenoxy) is 1. The molecule has 1 aromatic heterocycles. The fourth-order valence-corrected chi connectivity index (χ4v) is 1.46. The number of carbonyl (C=O) groups is 1. The fourth-order valence-electron chi connectivity index (χ4n) is 1.46. The van der Waals surface area contributed by atoms with Crippen molar-refractivity contribution in [2.45, 2.75) is 26.5 Å². The minimum Gasteiger partial charge on any atom is -0.374 e. The predicted molar refractivity (Wildman–Crippen MR) is 74.1 cm³/mol. The number of nitrogens with one attached hydrogen (secondary N) is 3. The minimum absolute atomic E-state index is 0.101. The second-order valence-electron chi connectivity index (χ2n) is 3.92. The molecule has 7 nitrogen and oxygen atoms in total. The molecule has 7 heteroatoms.